The number of aromatic nitrogens is 1. The Morgan fingerprint density at radius 2 is 2.17 bits per heavy atom. The molecule has 1 aromatic heterocycles. The van der Waals surface area contributed by atoms with Gasteiger partial charge in [-0.25, -0.2) is 0 Å². The molecule has 0 aliphatic carbocycles. The summed E-state index contributed by atoms with van der Waals surface area (Å²) < 4.78 is 1.78. The van der Waals surface area contributed by atoms with Crippen molar-refractivity contribution in [3.05, 3.63) is 58.9 Å². The van der Waals surface area contributed by atoms with Crippen molar-refractivity contribution in [2.45, 2.75) is 0 Å². The fraction of sp³-hybridized carbons (Fsp3) is 0.143. The number of benzene rings is 1. The summed E-state index contributed by atoms with van der Waals surface area (Å²) in [7, 11) is 1.81. The zero-order valence-corrected chi connectivity index (χ0v) is 10.1. The molecule has 0 spiro atoms. The van der Waals surface area contributed by atoms with Crippen LogP contribution in [0.4, 0.5) is 0 Å². The third-order valence-electron chi connectivity index (χ3n) is 2.75. The van der Waals surface area contributed by atoms with E-state index in [9.17, 15) is 9.59 Å². The minimum atomic E-state index is -0.374. The Morgan fingerprint density at radius 3 is 2.89 bits per heavy atom. The zero-order chi connectivity index (χ0) is 13.1. The van der Waals surface area contributed by atoms with Gasteiger partial charge in [-0.15, -0.1) is 6.58 Å². The minimum absolute atomic E-state index is 0.151. The van der Waals surface area contributed by atoms with Gasteiger partial charge in [-0.1, -0.05) is 18.2 Å². The summed E-state index contributed by atoms with van der Waals surface area (Å²) in [5, 5.41) is 3.16. The lowest BCUT2D eigenvalue weighted by atomic mass is 10.1. The van der Waals surface area contributed by atoms with Crippen molar-refractivity contribution in [2.75, 3.05) is 6.54 Å². The number of aryl methyl sites for hydroxylation is 1. The molecule has 92 valence electrons. The van der Waals surface area contributed by atoms with Gasteiger partial charge in [-0.05, 0) is 12.1 Å². The van der Waals surface area contributed by atoms with Gasteiger partial charge in [0.2, 0.25) is 5.43 Å². The molecule has 18 heavy (non-hydrogen) atoms. The molecular formula is C14H14N2O2. The summed E-state index contributed by atoms with van der Waals surface area (Å²) in [5.41, 5.74) is 0.714. The maximum Gasteiger partial charge on any atom is 0.257 e. The van der Waals surface area contributed by atoms with Crippen molar-refractivity contribution in [2.24, 2.45) is 7.05 Å². The number of rotatable bonds is 3. The number of amides is 1. The maximum atomic E-state index is 12.2. The highest BCUT2D eigenvalue weighted by molar-refractivity contribution is 5.97. The van der Waals surface area contributed by atoms with Gasteiger partial charge >= 0.3 is 0 Å². The molecule has 2 aromatic rings. The molecule has 4 heteroatoms. The summed E-state index contributed by atoms with van der Waals surface area (Å²) in [5.74, 6) is -0.374. The van der Waals surface area contributed by atoms with E-state index in [0.29, 0.717) is 11.9 Å². The van der Waals surface area contributed by atoms with Gasteiger partial charge in [0, 0.05) is 25.2 Å². The third kappa shape index (κ3) is 2.05. The Labute approximate surface area is 105 Å². The van der Waals surface area contributed by atoms with Crippen molar-refractivity contribution in [1.82, 2.24) is 9.88 Å². The van der Waals surface area contributed by atoms with Crippen LogP contribution in [0.2, 0.25) is 0 Å². The predicted octanol–water partition coefficient (Wildman–Crippen LogP) is 1.45. The molecule has 1 amide bonds. The molecule has 0 atom stereocenters. The van der Waals surface area contributed by atoms with Crippen LogP contribution >= 0.6 is 0 Å². The quantitative estimate of drug-likeness (QED) is 0.828. The van der Waals surface area contributed by atoms with Gasteiger partial charge in [-0.3, -0.25) is 9.59 Å². The van der Waals surface area contributed by atoms with Crippen LogP contribution in [-0.4, -0.2) is 17.0 Å². The molecule has 0 aliphatic heterocycles. The predicted molar refractivity (Wildman–Crippen MR) is 71.7 cm³/mol. The van der Waals surface area contributed by atoms with Gasteiger partial charge in [0.1, 0.15) is 5.56 Å². The maximum absolute atomic E-state index is 12.2. The zero-order valence-electron chi connectivity index (χ0n) is 10.1. The molecular weight excluding hydrogens is 228 g/mol. The Bertz CT molecular complexity index is 671. The number of pyridine rings is 1. The first-order valence-corrected chi connectivity index (χ1v) is 5.62. The molecule has 0 saturated carbocycles. The first-order valence-electron chi connectivity index (χ1n) is 5.62. The molecule has 1 heterocycles. The fourth-order valence-corrected chi connectivity index (χ4v) is 1.86. The van der Waals surface area contributed by atoms with E-state index in [1.807, 2.05) is 19.2 Å². The number of para-hydroxylation sites is 1. The Kier molecular flexibility index (Phi) is 3.28. The van der Waals surface area contributed by atoms with Crippen LogP contribution in [-0.2, 0) is 7.05 Å². The van der Waals surface area contributed by atoms with Gasteiger partial charge in [0.25, 0.3) is 5.91 Å². The van der Waals surface area contributed by atoms with Gasteiger partial charge in [0.15, 0.2) is 0 Å². The number of hydrogen-bond donors (Lipinski definition) is 1. The molecule has 2 rings (SSSR count). The average Bonchev–Trinajstić information content (AvgIpc) is 2.40. The van der Waals surface area contributed by atoms with E-state index in [1.165, 1.54) is 0 Å². The van der Waals surface area contributed by atoms with E-state index < -0.39 is 0 Å². The van der Waals surface area contributed by atoms with Gasteiger partial charge < -0.3 is 9.88 Å². The summed E-state index contributed by atoms with van der Waals surface area (Å²) in [6.45, 7) is 3.86. The topological polar surface area (TPSA) is 51.1 Å². The first kappa shape index (κ1) is 12.1. The molecule has 0 bridgehead atoms. The van der Waals surface area contributed by atoms with Crippen LogP contribution in [0.5, 0.6) is 0 Å². The van der Waals surface area contributed by atoms with E-state index >= 15 is 0 Å². The molecule has 0 fully saturated rings. The van der Waals surface area contributed by atoms with Crippen LogP contribution in [0.25, 0.3) is 10.9 Å². The smallest absolute Gasteiger partial charge is 0.257 e. The fourth-order valence-electron chi connectivity index (χ4n) is 1.86. The normalized spacial score (nSPS) is 10.3. The van der Waals surface area contributed by atoms with E-state index in [-0.39, 0.29) is 16.9 Å². The van der Waals surface area contributed by atoms with Crippen molar-refractivity contribution < 1.29 is 4.79 Å². The van der Waals surface area contributed by atoms with Crippen molar-refractivity contribution in [1.29, 1.82) is 0 Å². The lowest BCUT2D eigenvalue weighted by Gasteiger charge is -2.08. The number of hydrogen-bond acceptors (Lipinski definition) is 2. The Morgan fingerprint density at radius 1 is 1.44 bits per heavy atom. The van der Waals surface area contributed by atoms with E-state index in [0.717, 1.165) is 5.52 Å². The highest BCUT2D eigenvalue weighted by Gasteiger charge is 2.13. The van der Waals surface area contributed by atoms with Crippen LogP contribution in [0.15, 0.2) is 47.9 Å². The number of nitrogens with one attached hydrogen (secondary N) is 1. The lowest BCUT2D eigenvalue weighted by Crippen LogP contribution is -2.29. The van der Waals surface area contributed by atoms with Gasteiger partial charge in [-0.2, -0.15) is 0 Å². The molecule has 0 unspecified atom stereocenters. The molecule has 0 aliphatic rings. The standard InChI is InChI=1S/C14H14N2O2/c1-3-8-15-14(18)11-9-16(2)12-7-5-4-6-10(12)13(11)17/h3-7,9H,1,8H2,2H3,(H,15,18). The summed E-state index contributed by atoms with van der Waals surface area (Å²) in [6.07, 6.45) is 3.13. The lowest BCUT2D eigenvalue weighted by molar-refractivity contribution is 0.0956. The van der Waals surface area contributed by atoms with Crippen molar-refractivity contribution >= 4 is 16.8 Å². The molecule has 1 N–H and O–H groups in total. The molecule has 4 nitrogen and oxygen atoms in total. The van der Waals surface area contributed by atoms with Crippen molar-refractivity contribution in [3.63, 3.8) is 0 Å². The van der Waals surface area contributed by atoms with E-state index in [4.69, 9.17) is 0 Å². The third-order valence-corrected chi connectivity index (χ3v) is 2.75. The SMILES string of the molecule is C=CCNC(=O)c1cn(C)c2ccccc2c1=O. The number of carbonyl (C=O) groups is 1. The highest BCUT2D eigenvalue weighted by Crippen LogP contribution is 2.09. The highest BCUT2D eigenvalue weighted by atomic mass is 16.2. The summed E-state index contributed by atoms with van der Waals surface area (Å²) in [6, 6.07) is 7.22. The second-order valence-corrected chi connectivity index (χ2v) is 4.00. The second kappa shape index (κ2) is 4.87. The van der Waals surface area contributed by atoms with Crippen LogP contribution in [0.1, 0.15) is 10.4 Å². The monoisotopic (exact) mass is 242 g/mol. The Hall–Kier alpha value is -2.36. The van der Waals surface area contributed by atoms with Crippen LogP contribution < -0.4 is 10.7 Å². The molecule has 1 aromatic carbocycles. The largest absolute Gasteiger partial charge is 0.350 e. The van der Waals surface area contributed by atoms with Crippen LogP contribution in [0.3, 0.4) is 0 Å². The average molecular weight is 242 g/mol. The molecule has 0 saturated heterocycles. The van der Waals surface area contributed by atoms with E-state index in [1.54, 1.807) is 29.0 Å². The number of fused-ring (bicyclic) bond motifs is 1. The van der Waals surface area contributed by atoms with E-state index in [2.05, 4.69) is 11.9 Å². The van der Waals surface area contributed by atoms with Gasteiger partial charge in [0.05, 0.1) is 5.52 Å². The first-order chi connectivity index (χ1) is 8.65. The summed E-state index contributed by atoms with van der Waals surface area (Å²) in [4.78, 5) is 24.0. The molecule has 0 radical (unpaired) electrons. The number of carbonyl (C=O) groups excluding carboxylic acids is 1. The summed E-state index contributed by atoms with van der Waals surface area (Å²) >= 11 is 0. The Balaban J connectivity index is 2.60. The second-order valence-electron chi connectivity index (χ2n) is 4.00. The van der Waals surface area contributed by atoms with Crippen LogP contribution in [0, 0.1) is 0 Å². The number of nitrogens with zero attached hydrogens (tertiary/aromatic N) is 1. The minimum Gasteiger partial charge on any atom is -0.350 e. The van der Waals surface area contributed by atoms with Crippen molar-refractivity contribution in [3.8, 4) is 0 Å².